The lowest BCUT2D eigenvalue weighted by molar-refractivity contribution is 0.182. The Kier molecular flexibility index (Phi) is 4.90. The third-order valence-electron chi connectivity index (χ3n) is 4.29. The fraction of sp³-hybridized carbons (Fsp3) is 0.438. The predicted octanol–water partition coefficient (Wildman–Crippen LogP) is 1.91. The van der Waals surface area contributed by atoms with Crippen molar-refractivity contribution in [1.29, 1.82) is 0 Å². The molecule has 1 aliphatic heterocycles. The molecule has 3 rings (SSSR count). The average molecular weight is 371 g/mol. The summed E-state index contributed by atoms with van der Waals surface area (Å²) in [6, 6.07) is 2.91. The number of sulfonamides is 1. The van der Waals surface area contributed by atoms with Crippen LogP contribution in [0.15, 0.2) is 30.6 Å². The van der Waals surface area contributed by atoms with Gasteiger partial charge in [0.05, 0.1) is 25.0 Å². The van der Waals surface area contributed by atoms with Gasteiger partial charge in [-0.3, -0.25) is 0 Å². The summed E-state index contributed by atoms with van der Waals surface area (Å²) in [5, 5.41) is 0. The molecule has 1 fully saturated rings. The Labute approximate surface area is 145 Å². The van der Waals surface area contributed by atoms with Crippen LogP contribution in [-0.4, -0.2) is 55.3 Å². The second-order valence-electron chi connectivity index (χ2n) is 6.24. The van der Waals surface area contributed by atoms with E-state index in [1.54, 1.807) is 10.8 Å². The zero-order valence-electron chi connectivity index (χ0n) is 13.9. The lowest BCUT2D eigenvalue weighted by Crippen LogP contribution is -2.32. The fourth-order valence-electron chi connectivity index (χ4n) is 2.96. The molecule has 2 heterocycles. The summed E-state index contributed by atoms with van der Waals surface area (Å²) < 4.78 is 59.8. The molecule has 1 saturated heterocycles. The van der Waals surface area contributed by atoms with E-state index >= 15 is 0 Å². The van der Waals surface area contributed by atoms with E-state index < -0.39 is 21.7 Å². The van der Waals surface area contributed by atoms with E-state index in [2.05, 4.69) is 4.98 Å². The number of halogens is 2. The first-order valence-electron chi connectivity index (χ1n) is 7.75. The van der Waals surface area contributed by atoms with Gasteiger partial charge < -0.3 is 9.30 Å². The first-order valence-corrected chi connectivity index (χ1v) is 9.36. The molecule has 0 unspecified atom stereocenters. The van der Waals surface area contributed by atoms with Crippen molar-refractivity contribution in [2.24, 2.45) is 5.92 Å². The molecular weight excluding hydrogens is 352 g/mol. The molecule has 25 heavy (non-hydrogen) atoms. The Morgan fingerprint density at radius 2 is 1.92 bits per heavy atom. The van der Waals surface area contributed by atoms with E-state index in [9.17, 15) is 17.2 Å². The summed E-state index contributed by atoms with van der Waals surface area (Å²) in [7, 11) is -0.428. The highest BCUT2D eigenvalue weighted by Gasteiger charge is 2.35. The van der Waals surface area contributed by atoms with Gasteiger partial charge in [0.1, 0.15) is 17.5 Å². The van der Waals surface area contributed by atoms with Crippen molar-refractivity contribution in [3.8, 4) is 11.4 Å². The third kappa shape index (κ3) is 3.73. The summed E-state index contributed by atoms with van der Waals surface area (Å²) in [4.78, 5) is 4.19. The molecular formula is C16H19F2N3O3S. The second-order valence-corrected chi connectivity index (χ2v) is 8.47. The predicted molar refractivity (Wildman–Crippen MR) is 88.4 cm³/mol. The topological polar surface area (TPSA) is 64.4 Å². The highest BCUT2D eigenvalue weighted by atomic mass is 32.2. The van der Waals surface area contributed by atoms with Crippen molar-refractivity contribution in [3.05, 3.63) is 42.2 Å². The Morgan fingerprint density at radius 3 is 2.56 bits per heavy atom. The first-order chi connectivity index (χ1) is 11.8. The monoisotopic (exact) mass is 371 g/mol. The van der Waals surface area contributed by atoms with Crippen LogP contribution in [0, 0.1) is 17.6 Å². The smallest absolute Gasteiger partial charge is 0.214 e. The normalized spacial score (nSPS) is 21.2. The number of aromatic nitrogens is 2. The minimum absolute atomic E-state index is 0.0696. The quantitative estimate of drug-likeness (QED) is 0.805. The summed E-state index contributed by atoms with van der Waals surface area (Å²) >= 11 is 0. The zero-order valence-corrected chi connectivity index (χ0v) is 14.7. The fourth-order valence-corrected chi connectivity index (χ4v) is 4.12. The Bertz CT molecular complexity index is 847. The molecule has 2 aromatic rings. The number of imidazole rings is 1. The van der Waals surface area contributed by atoms with Gasteiger partial charge in [0.25, 0.3) is 0 Å². The minimum atomic E-state index is -3.40. The van der Waals surface area contributed by atoms with E-state index in [0.29, 0.717) is 24.6 Å². The van der Waals surface area contributed by atoms with E-state index in [-0.39, 0.29) is 17.7 Å². The summed E-state index contributed by atoms with van der Waals surface area (Å²) in [6.07, 6.45) is 3.20. The maximum Gasteiger partial charge on any atom is 0.214 e. The Balaban J connectivity index is 1.93. The standard InChI is InChI=1S/C16H19F2N3O3S/c1-20(2)25(22,23)10-12-8-24-9-15(12)21-4-3-19-16(21)11-5-13(17)7-14(18)6-11/h3-7,12,15H,8-10H2,1-2H3/t12-,15+/m0/s1. The zero-order chi connectivity index (χ0) is 18.2. The highest BCUT2D eigenvalue weighted by Crippen LogP contribution is 2.32. The van der Waals surface area contributed by atoms with E-state index in [1.165, 1.54) is 36.7 Å². The lowest BCUT2D eigenvalue weighted by atomic mass is 10.1. The number of nitrogens with zero attached hydrogens (tertiary/aromatic N) is 3. The molecule has 2 atom stereocenters. The minimum Gasteiger partial charge on any atom is -0.379 e. The molecule has 0 spiro atoms. The SMILES string of the molecule is CN(C)S(=O)(=O)C[C@@H]1COC[C@H]1n1ccnc1-c1cc(F)cc(F)c1. The molecule has 1 aromatic carbocycles. The van der Waals surface area contributed by atoms with E-state index in [4.69, 9.17) is 4.74 Å². The van der Waals surface area contributed by atoms with Crippen LogP contribution in [0.25, 0.3) is 11.4 Å². The molecule has 9 heteroatoms. The van der Waals surface area contributed by atoms with Crippen LogP contribution in [0.3, 0.4) is 0 Å². The average Bonchev–Trinajstić information content (AvgIpc) is 3.13. The van der Waals surface area contributed by atoms with Gasteiger partial charge in [-0.15, -0.1) is 0 Å². The Morgan fingerprint density at radius 1 is 1.24 bits per heavy atom. The third-order valence-corrected chi connectivity index (χ3v) is 6.25. The van der Waals surface area contributed by atoms with Crippen LogP contribution in [0.1, 0.15) is 6.04 Å². The second kappa shape index (κ2) is 6.81. The van der Waals surface area contributed by atoms with Crippen molar-refractivity contribution >= 4 is 10.0 Å². The summed E-state index contributed by atoms with van der Waals surface area (Å²) in [5.74, 6) is -1.36. The molecule has 0 radical (unpaired) electrons. The molecule has 0 amide bonds. The Hall–Kier alpha value is -1.84. The van der Waals surface area contributed by atoms with Crippen LogP contribution in [0.4, 0.5) is 8.78 Å². The maximum atomic E-state index is 13.5. The molecule has 1 aromatic heterocycles. The van der Waals surface area contributed by atoms with Crippen LogP contribution in [-0.2, 0) is 14.8 Å². The van der Waals surface area contributed by atoms with Gasteiger partial charge in [-0.2, -0.15) is 0 Å². The van der Waals surface area contributed by atoms with Gasteiger partial charge in [-0.25, -0.2) is 26.5 Å². The largest absolute Gasteiger partial charge is 0.379 e. The van der Waals surface area contributed by atoms with Crippen molar-refractivity contribution in [2.45, 2.75) is 6.04 Å². The van der Waals surface area contributed by atoms with E-state index in [1.807, 2.05) is 0 Å². The van der Waals surface area contributed by atoms with Crippen molar-refractivity contribution in [2.75, 3.05) is 33.1 Å². The maximum absolute atomic E-state index is 13.5. The molecule has 6 nitrogen and oxygen atoms in total. The number of benzene rings is 1. The summed E-state index contributed by atoms with van der Waals surface area (Å²) in [5.41, 5.74) is 0.295. The molecule has 0 N–H and O–H groups in total. The molecule has 0 aliphatic carbocycles. The van der Waals surface area contributed by atoms with Crippen molar-refractivity contribution in [1.82, 2.24) is 13.9 Å². The molecule has 0 saturated carbocycles. The van der Waals surface area contributed by atoms with Gasteiger partial charge in [0, 0.05) is 44.0 Å². The lowest BCUT2D eigenvalue weighted by Gasteiger charge is -2.22. The van der Waals surface area contributed by atoms with Gasteiger partial charge in [-0.1, -0.05) is 0 Å². The molecule has 1 aliphatic rings. The van der Waals surface area contributed by atoms with Crippen molar-refractivity contribution in [3.63, 3.8) is 0 Å². The van der Waals surface area contributed by atoms with Gasteiger partial charge in [0.15, 0.2) is 0 Å². The van der Waals surface area contributed by atoms with Gasteiger partial charge in [-0.05, 0) is 12.1 Å². The summed E-state index contributed by atoms with van der Waals surface area (Å²) in [6.45, 7) is 0.613. The van der Waals surface area contributed by atoms with Crippen molar-refractivity contribution < 1.29 is 21.9 Å². The first kappa shape index (κ1) is 18.0. The van der Waals surface area contributed by atoms with Crippen LogP contribution >= 0.6 is 0 Å². The van der Waals surface area contributed by atoms with Gasteiger partial charge >= 0.3 is 0 Å². The van der Waals surface area contributed by atoms with Crippen LogP contribution in [0.2, 0.25) is 0 Å². The highest BCUT2D eigenvalue weighted by molar-refractivity contribution is 7.89. The number of hydrogen-bond acceptors (Lipinski definition) is 4. The van der Waals surface area contributed by atoms with Crippen LogP contribution < -0.4 is 0 Å². The number of rotatable bonds is 5. The van der Waals surface area contributed by atoms with Crippen LogP contribution in [0.5, 0.6) is 0 Å². The number of hydrogen-bond donors (Lipinski definition) is 0. The van der Waals surface area contributed by atoms with Gasteiger partial charge in [0.2, 0.25) is 10.0 Å². The number of ether oxygens (including phenoxy) is 1. The van der Waals surface area contributed by atoms with E-state index in [0.717, 1.165) is 6.07 Å². The molecule has 0 bridgehead atoms. The molecule has 136 valence electrons.